The number of pyridine rings is 1. The Bertz CT molecular complexity index is 190. The fourth-order valence-corrected chi connectivity index (χ4v) is 1.34. The Morgan fingerprint density at radius 3 is 3.00 bits per heavy atom. The molecule has 0 atom stereocenters. The Morgan fingerprint density at radius 1 is 1.70 bits per heavy atom. The maximum Gasteiger partial charge on any atom is 0.100 e. The van der Waals surface area contributed by atoms with Crippen molar-refractivity contribution in [2.24, 2.45) is 5.73 Å². The molecule has 0 saturated carbocycles. The molecular formula is C7H10N2S. The third-order valence-corrected chi connectivity index (χ3v) is 2.02. The van der Waals surface area contributed by atoms with E-state index in [4.69, 9.17) is 5.73 Å². The summed E-state index contributed by atoms with van der Waals surface area (Å²) in [6.07, 6.45) is 3.78. The van der Waals surface area contributed by atoms with Gasteiger partial charge in [0.1, 0.15) is 5.03 Å². The van der Waals surface area contributed by atoms with E-state index in [1.54, 1.807) is 18.0 Å². The highest BCUT2D eigenvalue weighted by molar-refractivity contribution is 7.98. The second-order valence-corrected chi connectivity index (χ2v) is 2.67. The Labute approximate surface area is 64.8 Å². The summed E-state index contributed by atoms with van der Waals surface area (Å²) in [6, 6.07) is 3.90. The highest BCUT2D eigenvalue weighted by Crippen LogP contribution is 2.15. The number of aromatic nitrogens is 1. The molecular weight excluding hydrogens is 144 g/mol. The highest BCUT2D eigenvalue weighted by Gasteiger charge is 1.96. The molecule has 0 unspecified atom stereocenters. The van der Waals surface area contributed by atoms with Gasteiger partial charge in [0.05, 0.1) is 0 Å². The van der Waals surface area contributed by atoms with Crippen LogP contribution in [0.4, 0.5) is 0 Å². The van der Waals surface area contributed by atoms with E-state index in [9.17, 15) is 0 Å². The van der Waals surface area contributed by atoms with E-state index < -0.39 is 0 Å². The molecule has 0 amide bonds. The standard InChI is InChI=1S/C7H10N2S/c1-10-7-6(5-8)3-2-4-9-7/h2-4H,5,8H2,1H3. The lowest BCUT2D eigenvalue weighted by Gasteiger charge is -2.00. The molecule has 54 valence electrons. The summed E-state index contributed by atoms with van der Waals surface area (Å²) in [5.74, 6) is 0. The minimum atomic E-state index is 0.573. The zero-order valence-corrected chi connectivity index (χ0v) is 6.69. The summed E-state index contributed by atoms with van der Waals surface area (Å²) in [7, 11) is 0. The molecule has 0 saturated heterocycles. The first kappa shape index (κ1) is 7.57. The average molecular weight is 154 g/mol. The first-order chi connectivity index (χ1) is 4.88. The van der Waals surface area contributed by atoms with Gasteiger partial charge in [-0.3, -0.25) is 0 Å². The Morgan fingerprint density at radius 2 is 2.50 bits per heavy atom. The van der Waals surface area contributed by atoms with E-state index >= 15 is 0 Å². The van der Waals surface area contributed by atoms with Gasteiger partial charge in [0, 0.05) is 12.7 Å². The smallest absolute Gasteiger partial charge is 0.100 e. The second-order valence-electron chi connectivity index (χ2n) is 1.88. The van der Waals surface area contributed by atoms with E-state index in [2.05, 4.69) is 4.98 Å². The fourth-order valence-electron chi connectivity index (χ4n) is 0.763. The molecule has 1 rings (SSSR count). The number of nitrogens with two attached hydrogens (primary N) is 1. The largest absolute Gasteiger partial charge is 0.326 e. The molecule has 3 heteroatoms. The van der Waals surface area contributed by atoms with Gasteiger partial charge in [-0.25, -0.2) is 4.98 Å². The van der Waals surface area contributed by atoms with Gasteiger partial charge in [-0.05, 0) is 17.9 Å². The molecule has 10 heavy (non-hydrogen) atoms. The predicted octanol–water partition coefficient (Wildman–Crippen LogP) is 1.26. The lowest BCUT2D eigenvalue weighted by molar-refractivity contribution is 0.965. The molecule has 0 aromatic carbocycles. The maximum atomic E-state index is 5.47. The monoisotopic (exact) mass is 154 g/mol. The number of rotatable bonds is 2. The first-order valence-corrected chi connectivity index (χ1v) is 4.29. The van der Waals surface area contributed by atoms with Gasteiger partial charge in [-0.15, -0.1) is 11.8 Å². The van der Waals surface area contributed by atoms with Gasteiger partial charge in [0.2, 0.25) is 0 Å². The summed E-state index contributed by atoms with van der Waals surface area (Å²) in [5.41, 5.74) is 6.59. The number of hydrogen-bond acceptors (Lipinski definition) is 3. The third kappa shape index (κ3) is 1.49. The van der Waals surface area contributed by atoms with E-state index in [-0.39, 0.29) is 0 Å². The van der Waals surface area contributed by atoms with Crippen molar-refractivity contribution in [3.8, 4) is 0 Å². The Kier molecular flexibility index (Phi) is 2.71. The van der Waals surface area contributed by atoms with Gasteiger partial charge >= 0.3 is 0 Å². The van der Waals surface area contributed by atoms with Gasteiger partial charge in [0.15, 0.2) is 0 Å². The van der Waals surface area contributed by atoms with Crippen LogP contribution >= 0.6 is 11.8 Å². The molecule has 0 aliphatic heterocycles. The van der Waals surface area contributed by atoms with Crippen LogP contribution in [0, 0.1) is 0 Å². The minimum absolute atomic E-state index is 0.573. The van der Waals surface area contributed by atoms with Crippen LogP contribution < -0.4 is 5.73 Å². The molecule has 0 spiro atoms. The van der Waals surface area contributed by atoms with Crippen LogP contribution in [0.15, 0.2) is 23.4 Å². The SMILES string of the molecule is CSc1ncccc1CN. The molecule has 0 fully saturated rings. The fraction of sp³-hybridized carbons (Fsp3) is 0.286. The molecule has 1 aromatic heterocycles. The predicted molar refractivity (Wildman–Crippen MR) is 43.9 cm³/mol. The van der Waals surface area contributed by atoms with Crippen LogP contribution in [0.25, 0.3) is 0 Å². The first-order valence-electron chi connectivity index (χ1n) is 3.06. The van der Waals surface area contributed by atoms with Crippen molar-refractivity contribution >= 4 is 11.8 Å². The summed E-state index contributed by atoms with van der Waals surface area (Å²) < 4.78 is 0. The van der Waals surface area contributed by atoms with Crippen molar-refractivity contribution in [1.29, 1.82) is 0 Å². The molecule has 0 aliphatic carbocycles. The lowest BCUT2D eigenvalue weighted by Crippen LogP contribution is -1.98. The zero-order valence-electron chi connectivity index (χ0n) is 5.87. The topological polar surface area (TPSA) is 38.9 Å². The van der Waals surface area contributed by atoms with Crippen molar-refractivity contribution in [2.75, 3.05) is 6.26 Å². The molecule has 1 heterocycles. The summed E-state index contributed by atoms with van der Waals surface area (Å²) >= 11 is 1.63. The second kappa shape index (κ2) is 3.58. The Balaban J connectivity index is 2.96. The number of thioether (sulfide) groups is 1. The van der Waals surface area contributed by atoms with Crippen LogP contribution in [0.3, 0.4) is 0 Å². The van der Waals surface area contributed by atoms with E-state index in [1.165, 1.54) is 0 Å². The molecule has 2 N–H and O–H groups in total. The van der Waals surface area contributed by atoms with Crippen LogP contribution in [0.2, 0.25) is 0 Å². The summed E-state index contributed by atoms with van der Waals surface area (Å²) in [5, 5.41) is 1.03. The molecule has 0 aliphatic rings. The van der Waals surface area contributed by atoms with E-state index in [0.29, 0.717) is 6.54 Å². The van der Waals surface area contributed by atoms with Crippen LogP contribution in [-0.2, 0) is 6.54 Å². The van der Waals surface area contributed by atoms with Crippen molar-refractivity contribution in [1.82, 2.24) is 4.98 Å². The van der Waals surface area contributed by atoms with Crippen LogP contribution in [-0.4, -0.2) is 11.2 Å². The number of nitrogens with zero attached hydrogens (tertiary/aromatic N) is 1. The molecule has 1 aromatic rings. The summed E-state index contributed by atoms with van der Waals surface area (Å²) in [4.78, 5) is 4.15. The molecule has 0 radical (unpaired) electrons. The van der Waals surface area contributed by atoms with Crippen molar-refractivity contribution in [2.45, 2.75) is 11.6 Å². The van der Waals surface area contributed by atoms with Crippen LogP contribution in [0.1, 0.15) is 5.56 Å². The lowest BCUT2D eigenvalue weighted by atomic mass is 10.3. The normalized spacial score (nSPS) is 9.80. The van der Waals surface area contributed by atoms with Gasteiger partial charge in [-0.1, -0.05) is 6.07 Å². The average Bonchev–Trinajstić information content (AvgIpc) is 2.04. The van der Waals surface area contributed by atoms with Crippen molar-refractivity contribution in [3.63, 3.8) is 0 Å². The van der Waals surface area contributed by atoms with Gasteiger partial charge in [0.25, 0.3) is 0 Å². The van der Waals surface area contributed by atoms with E-state index in [0.717, 1.165) is 10.6 Å². The highest BCUT2D eigenvalue weighted by atomic mass is 32.2. The van der Waals surface area contributed by atoms with Gasteiger partial charge < -0.3 is 5.73 Å². The third-order valence-electron chi connectivity index (χ3n) is 1.26. The van der Waals surface area contributed by atoms with E-state index in [1.807, 2.05) is 18.4 Å². The number of hydrogen-bond donors (Lipinski definition) is 1. The quantitative estimate of drug-likeness (QED) is 0.652. The van der Waals surface area contributed by atoms with Crippen molar-refractivity contribution in [3.05, 3.63) is 23.9 Å². The maximum absolute atomic E-state index is 5.47. The molecule has 0 bridgehead atoms. The minimum Gasteiger partial charge on any atom is -0.326 e. The van der Waals surface area contributed by atoms with Gasteiger partial charge in [-0.2, -0.15) is 0 Å². The molecule has 2 nitrogen and oxygen atoms in total. The summed E-state index contributed by atoms with van der Waals surface area (Å²) in [6.45, 7) is 0.573. The van der Waals surface area contributed by atoms with Crippen molar-refractivity contribution < 1.29 is 0 Å². The zero-order chi connectivity index (χ0) is 7.40. The van der Waals surface area contributed by atoms with Crippen LogP contribution in [0.5, 0.6) is 0 Å². The Hall–Kier alpha value is -0.540.